The lowest BCUT2D eigenvalue weighted by Crippen LogP contribution is -2.01. The second kappa shape index (κ2) is 4.94. The standard InChI is InChI=1S/C13H13BrN2O2/c1-8-5-3-4-6-9(8)13-15-10(7-11(17)18)12(14)16(13)2/h3-6H,7H2,1-2H3,(H,17,18). The van der Waals surface area contributed by atoms with Crippen LogP contribution in [0.2, 0.25) is 0 Å². The van der Waals surface area contributed by atoms with Crippen molar-refractivity contribution in [3.8, 4) is 11.4 Å². The fourth-order valence-corrected chi connectivity index (χ4v) is 2.25. The van der Waals surface area contributed by atoms with Crippen molar-refractivity contribution in [3.05, 3.63) is 40.1 Å². The monoisotopic (exact) mass is 308 g/mol. The Hall–Kier alpha value is -1.62. The molecule has 18 heavy (non-hydrogen) atoms. The molecule has 2 rings (SSSR count). The number of carbonyl (C=O) groups is 1. The van der Waals surface area contributed by atoms with Crippen LogP contribution in [0.5, 0.6) is 0 Å². The summed E-state index contributed by atoms with van der Waals surface area (Å²) in [5.74, 6) is -0.110. The Morgan fingerprint density at radius 2 is 2.11 bits per heavy atom. The number of aryl methyl sites for hydroxylation is 1. The Morgan fingerprint density at radius 3 is 2.72 bits per heavy atom. The average molecular weight is 309 g/mol. The molecule has 0 fully saturated rings. The van der Waals surface area contributed by atoms with Gasteiger partial charge in [-0.05, 0) is 28.4 Å². The van der Waals surface area contributed by atoms with Crippen LogP contribution in [-0.2, 0) is 18.3 Å². The van der Waals surface area contributed by atoms with E-state index in [0.29, 0.717) is 10.3 Å². The van der Waals surface area contributed by atoms with Crippen LogP contribution in [0.15, 0.2) is 28.9 Å². The quantitative estimate of drug-likeness (QED) is 0.948. The molecular formula is C13H13BrN2O2. The van der Waals surface area contributed by atoms with E-state index >= 15 is 0 Å². The maximum atomic E-state index is 10.8. The van der Waals surface area contributed by atoms with E-state index < -0.39 is 5.97 Å². The third-order valence-electron chi connectivity index (χ3n) is 2.80. The minimum Gasteiger partial charge on any atom is -0.481 e. The molecule has 1 aromatic carbocycles. The van der Waals surface area contributed by atoms with Crippen molar-refractivity contribution in [3.63, 3.8) is 0 Å². The highest BCUT2D eigenvalue weighted by molar-refractivity contribution is 9.10. The molecule has 0 saturated carbocycles. The lowest BCUT2D eigenvalue weighted by molar-refractivity contribution is -0.136. The number of carboxylic acids is 1. The van der Waals surface area contributed by atoms with Crippen molar-refractivity contribution in [2.24, 2.45) is 7.05 Å². The van der Waals surface area contributed by atoms with Gasteiger partial charge in [0, 0.05) is 12.6 Å². The van der Waals surface area contributed by atoms with Crippen LogP contribution in [0.4, 0.5) is 0 Å². The van der Waals surface area contributed by atoms with Gasteiger partial charge in [-0.3, -0.25) is 4.79 Å². The normalized spacial score (nSPS) is 10.6. The van der Waals surface area contributed by atoms with Gasteiger partial charge in [0.2, 0.25) is 0 Å². The van der Waals surface area contributed by atoms with Crippen LogP contribution in [0.1, 0.15) is 11.3 Å². The van der Waals surface area contributed by atoms with Crippen LogP contribution in [0, 0.1) is 6.92 Å². The summed E-state index contributed by atoms with van der Waals surface area (Å²) in [7, 11) is 1.87. The summed E-state index contributed by atoms with van der Waals surface area (Å²) in [6.07, 6.45) is -0.0830. The van der Waals surface area contributed by atoms with Gasteiger partial charge in [0.05, 0.1) is 12.1 Å². The zero-order valence-corrected chi connectivity index (χ0v) is 11.7. The summed E-state index contributed by atoms with van der Waals surface area (Å²) >= 11 is 3.39. The van der Waals surface area contributed by atoms with E-state index in [9.17, 15) is 4.79 Å². The van der Waals surface area contributed by atoms with Crippen molar-refractivity contribution in [1.82, 2.24) is 9.55 Å². The number of imidazole rings is 1. The highest BCUT2D eigenvalue weighted by Crippen LogP contribution is 2.27. The highest BCUT2D eigenvalue weighted by atomic mass is 79.9. The lowest BCUT2D eigenvalue weighted by Gasteiger charge is -2.05. The Morgan fingerprint density at radius 1 is 1.44 bits per heavy atom. The van der Waals surface area contributed by atoms with Gasteiger partial charge in [-0.2, -0.15) is 0 Å². The van der Waals surface area contributed by atoms with Gasteiger partial charge < -0.3 is 9.67 Å². The zero-order valence-electron chi connectivity index (χ0n) is 10.1. The molecule has 0 unspecified atom stereocenters. The summed E-state index contributed by atoms with van der Waals surface area (Å²) in [4.78, 5) is 15.2. The molecule has 5 heteroatoms. The molecule has 0 aliphatic heterocycles. The minimum absolute atomic E-state index is 0.0830. The molecule has 0 atom stereocenters. The van der Waals surface area contributed by atoms with Crippen LogP contribution < -0.4 is 0 Å². The second-order valence-corrected chi connectivity index (χ2v) is 4.87. The number of rotatable bonds is 3. The molecule has 1 heterocycles. The van der Waals surface area contributed by atoms with Crippen molar-refractivity contribution in [2.75, 3.05) is 0 Å². The van der Waals surface area contributed by atoms with E-state index in [1.165, 1.54) is 0 Å². The molecule has 0 spiro atoms. The maximum Gasteiger partial charge on any atom is 0.309 e. The van der Waals surface area contributed by atoms with Gasteiger partial charge in [0.25, 0.3) is 0 Å². The summed E-state index contributed by atoms with van der Waals surface area (Å²) in [6, 6.07) is 7.90. The van der Waals surface area contributed by atoms with E-state index in [4.69, 9.17) is 5.11 Å². The SMILES string of the molecule is Cc1ccccc1-c1nc(CC(=O)O)c(Br)n1C. The fourth-order valence-electron chi connectivity index (χ4n) is 1.86. The summed E-state index contributed by atoms with van der Waals surface area (Å²) in [6.45, 7) is 2.01. The Labute approximate surface area is 113 Å². The highest BCUT2D eigenvalue weighted by Gasteiger charge is 2.16. The molecule has 0 aliphatic rings. The first-order valence-electron chi connectivity index (χ1n) is 5.49. The van der Waals surface area contributed by atoms with Crippen molar-refractivity contribution >= 4 is 21.9 Å². The van der Waals surface area contributed by atoms with E-state index in [2.05, 4.69) is 20.9 Å². The molecule has 0 saturated heterocycles. The number of halogens is 1. The number of aromatic nitrogens is 2. The average Bonchev–Trinajstić information content (AvgIpc) is 2.58. The van der Waals surface area contributed by atoms with Gasteiger partial charge >= 0.3 is 5.97 Å². The van der Waals surface area contributed by atoms with Gasteiger partial charge in [-0.1, -0.05) is 24.3 Å². The van der Waals surface area contributed by atoms with E-state index in [1.54, 1.807) is 0 Å². The second-order valence-electron chi connectivity index (χ2n) is 4.12. The number of hydrogen-bond donors (Lipinski definition) is 1. The van der Waals surface area contributed by atoms with Crippen molar-refractivity contribution in [2.45, 2.75) is 13.3 Å². The maximum absolute atomic E-state index is 10.8. The molecule has 4 nitrogen and oxygen atoms in total. The van der Waals surface area contributed by atoms with Gasteiger partial charge in [0.15, 0.2) is 0 Å². The number of benzene rings is 1. The van der Waals surface area contributed by atoms with E-state index in [0.717, 1.165) is 17.0 Å². The van der Waals surface area contributed by atoms with E-state index in [1.807, 2.05) is 42.8 Å². The van der Waals surface area contributed by atoms with Crippen molar-refractivity contribution in [1.29, 1.82) is 0 Å². The molecule has 0 aliphatic carbocycles. The molecule has 2 aromatic rings. The molecule has 1 N–H and O–H groups in total. The van der Waals surface area contributed by atoms with Crippen LogP contribution in [0.3, 0.4) is 0 Å². The molecule has 0 bridgehead atoms. The lowest BCUT2D eigenvalue weighted by atomic mass is 10.1. The summed E-state index contributed by atoms with van der Waals surface area (Å²) < 4.78 is 2.57. The molecule has 0 amide bonds. The third kappa shape index (κ3) is 2.31. The first kappa shape index (κ1) is 12.8. The predicted molar refractivity (Wildman–Crippen MR) is 72.4 cm³/mol. The Balaban J connectivity index is 2.53. The van der Waals surface area contributed by atoms with Crippen LogP contribution in [0.25, 0.3) is 11.4 Å². The van der Waals surface area contributed by atoms with Gasteiger partial charge in [0.1, 0.15) is 10.4 Å². The number of carboxylic acid groups (broad SMARTS) is 1. The largest absolute Gasteiger partial charge is 0.481 e. The number of nitrogens with zero attached hydrogens (tertiary/aromatic N) is 2. The third-order valence-corrected chi connectivity index (χ3v) is 3.79. The zero-order chi connectivity index (χ0) is 13.3. The summed E-state index contributed by atoms with van der Waals surface area (Å²) in [5.41, 5.74) is 2.67. The predicted octanol–water partition coefficient (Wildman–Crippen LogP) is 2.79. The van der Waals surface area contributed by atoms with Gasteiger partial charge in [-0.15, -0.1) is 0 Å². The number of aliphatic carboxylic acids is 1. The molecule has 1 aromatic heterocycles. The number of hydrogen-bond acceptors (Lipinski definition) is 2. The fraction of sp³-hybridized carbons (Fsp3) is 0.231. The van der Waals surface area contributed by atoms with Crippen LogP contribution >= 0.6 is 15.9 Å². The topological polar surface area (TPSA) is 55.1 Å². The van der Waals surface area contributed by atoms with Gasteiger partial charge in [-0.25, -0.2) is 4.98 Å². The minimum atomic E-state index is -0.884. The molecule has 94 valence electrons. The van der Waals surface area contributed by atoms with E-state index in [-0.39, 0.29) is 6.42 Å². The van der Waals surface area contributed by atoms with Crippen LogP contribution in [-0.4, -0.2) is 20.6 Å². The first-order valence-corrected chi connectivity index (χ1v) is 6.29. The smallest absolute Gasteiger partial charge is 0.309 e. The molecular weight excluding hydrogens is 296 g/mol. The summed E-state index contributed by atoms with van der Waals surface area (Å²) in [5, 5.41) is 8.85. The Kier molecular flexibility index (Phi) is 3.52. The molecule has 0 radical (unpaired) electrons. The Bertz CT molecular complexity index is 605. The first-order chi connectivity index (χ1) is 8.50. The van der Waals surface area contributed by atoms with Crippen molar-refractivity contribution < 1.29 is 9.90 Å².